The molecule has 29 heavy (non-hydrogen) atoms. The molecule has 0 saturated carbocycles. The van der Waals surface area contributed by atoms with Gasteiger partial charge in [0.05, 0.1) is 11.3 Å². The average molecular weight is 408 g/mol. The Hall–Kier alpha value is -2.35. The summed E-state index contributed by atoms with van der Waals surface area (Å²) in [5.41, 5.74) is -0.703. The van der Waals surface area contributed by atoms with Crippen molar-refractivity contribution in [3.05, 3.63) is 35.9 Å². The molecule has 0 bridgehead atoms. The van der Waals surface area contributed by atoms with Crippen LogP contribution in [-0.4, -0.2) is 39.5 Å². The highest BCUT2D eigenvalue weighted by atomic mass is 19.4. The first-order chi connectivity index (χ1) is 13.3. The molecule has 0 spiro atoms. The Bertz CT molecular complexity index is 862. The maximum Gasteiger partial charge on any atom is 0.416 e. The van der Waals surface area contributed by atoms with Crippen LogP contribution in [0.3, 0.4) is 0 Å². The molecule has 2 heterocycles. The molecule has 1 aromatic heterocycles. The van der Waals surface area contributed by atoms with Gasteiger partial charge in [-0.2, -0.15) is 13.2 Å². The third-order valence-corrected chi connectivity index (χ3v) is 5.33. The molecular formula is C21H27F3N4O. The van der Waals surface area contributed by atoms with Crippen LogP contribution in [0.1, 0.15) is 46.1 Å². The summed E-state index contributed by atoms with van der Waals surface area (Å²) in [7, 11) is 1.95. The van der Waals surface area contributed by atoms with Crippen LogP contribution in [0.25, 0.3) is 11.3 Å². The molecule has 5 nitrogen and oxygen atoms in total. The Morgan fingerprint density at radius 1 is 1.03 bits per heavy atom. The normalized spacial score (nSPS) is 19.2. The number of phenols is 1. The smallest absolute Gasteiger partial charge is 0.416 e. The first-order valence-electron chi connectivity index (χ1n) is 9.54. The number of benzene rings is 1. The van der Waals surface area contributed by atoms with Gasteiger partial charge in [0.2, 0.25) is 0 Å². The van der Waals surface area contributed by atoms with Gasteiger partial charge in [-0.25, -0.2) is 0 Å². The van der Waals surface area contributed by atoms with E-state index in [2.05, 4.69) is 48.1 Å². The Morgan fingerprint density at radius 2 is 1.66 bits per heavy atom. The molecule has 1 aliphatic heterocycles. The topological polar surface area (TPSA) is 61.3 Å². The maximum atomic E-state index is 13.0. The van der Waals surface area contributed by atoms with Crippen molar-refractivity contribution in [1.82, 2.24) is 15.5 Å². The fraction of sp³-hybridized carbons (Fsp3) is 0.524. The number of hydrogen-bond acceptors (Lipinski definition) is 5. The van der Waals surface area contributed by atoms with Gasteiger partial charge >= 0.3 is 6.18 Å². The third-order valence-electron chi connectivity index (χ3n) is 5.33. The van der Waals surface area contributed by atoms with E-state index in [1.165, 1.54) is 0 Å². The molecule has 1 fully saturated rings. The van der Waals surface area contributed by atoms with Gasteiger partial charge in [0.1, 0.15) is 5.75 Å². The molecule has 0 amide bonds. The van der Waals surface area contributed by atoms with Gasteiger partial charge in [-0.15, -0.1) is 10.2 Å². The lowest BCUT2D eigenvalue weighted by molar-refractivity contribution is -0.137. The molecule has 2 N–H and O–H groups in total. The largest absolute Gasteiger partial charge is 0.507 e. The van der Waals surface area contributed by atoms with Crippen LogP contribution in [0.4, 0.5) is 19.0 Å². The lowest BCUT2D eigenvalue weighted by Gasteiger charge is -2.49. The Morgan fingerprint density at radius 3 is 2.17 bits per heavy atom. The van der Waals surface area contributed by atoms with Crippen LogP contribution in [0.2, 0.25) is 0 Å². The zero-order valence-electron chi connectivity index (χ0n) is 17.3. The second kappa shape index (κ2) is 7.16. The summed E-state index contributed by atoms with van der Waals surface area (Å²) < 4.78 is 39.0. The number of aromatic nitrogens is 2. The number of nitrogens with zero attached hydrogens (tertiary/aromatic N) is 3. The molecule has 2 aromatic rings. The van der Waals surface area contributed by atoms with E-state index in [-0.39, 0.29) is 34.1 Å². The van der Waals surface area contributed by atoms with Crippen LogP contribution in [0, 0.1) is 0 Å². The van der Waals surface area contributed by atoms with E-state index in [0.717, 1.165) is 31.0 Å². The van der Waals surface area contributed by atoms with E-state index in [0.29, 0.717) is 5.82 Å². The number of halogens is 3. The Kier molecular flexibility index (Phi) is 5.28. The summed E-state index contributed by atoms with van der Waals surface area (Å²) in [4.78, 5) is 2.06. The molecule has 158 valence electrons. The van der Waals surface area contributed by atoms with Gasteiger partial charge in [-0.3, -0.25) is 0 Å². The van der Waals surface area contributed by atoms with Crippen LogP contribution in [0.15, 0.2) is 30.3 Å². The minimum Gasteiger partial charge on any atom is -0.507 e. The zero-order valence-corrected chi connectivity index (χ0v) is 17.3. The van der Waals surface area contributed by atoms with Gasteiger partial charge in [0.15, 0.2) is 5.82 Å². The lowest BCUT2D eigenvalue weighted by atomic mass is 9.79. The van der Waals surface area contributed by atoms with E-state index < -0.39 is 11.7 Å². The summed E-state index contributed by atoms with van der Waals surface area (Å²) in [5, 5.41) is 21.9. The molecule has 1 aromatic carbocycles. The monoisotopic (exact) mass is 408 g/mol. The zero-order chi connectivity index (χ0) is 21.6. The average Bonchev–Trinajstić information content (AvgIpc) is 2.58. The highest BCUT2D eigenvalue weighted by Gasteiger charge is 2.39. The van der Waals surface area contributed by atoms with Crippen molar-refractivity contribution < 1.29 is 18.3 Å². The number of piperidine rings is 1. The fourth-order valence-electron chi connectivity index (χ4n) is 4.30. The molecule has 1 aliphatic rings. The molecule has 0 aliphatic carbocycles. The quantitative estimate of drug-likeness (QED) is 0.777. The number of nitrogens with one attached hydrogen (secondary N) is 1. The minimum atomic E-state index is -4.50. The van der Waals surface area contributed by atoms with Crippen molar-refractivity contribution in [3.63, 3.8) is 0 Å². The molecule has 1 saturated heterocycles. The summed E-state index contributed by atoms with van der Waals surface area (Å²) in [6, 6.07) is 6.31. The van der Waals surface area contributed by atoms with Crippen LogP contribution < -0.4 is 10.2 Å². The van der Waals surface area contributed by atoms with Crippen molar-refractivity contribution >= 4 is 5.82 Å². The predicted molar refractivity (Wildman–Crippen MR) is 107 cm³/mol. The minimum absolute atomic E-state index is 0.00524. The van der Waals surface area contributed by atoms with Crippen molar-refractivity contribution in [2.75, 3.05) is 11.9 Å². The van der Waals surface area contributed by atoms with E-state index in [9.17, 15) is 18.3 Å². The second-order valence-corrected chi connectivity index (χ2v) is 9.07. The van der Waals surface area contributed by atoms with Crippen molar-refractivity contribution in [2.45, 2.75) is 63.8 Å². The van der Waals surface area contributed by atoms with Crippen molar-refractivity contribution in [3.8, 4) is 17.0 Å². The first kappa shape index (κ1) is 21.4. The summed E-state index contributed by atoms with van der Waals surface area (Å²) >= 11 is 0. The third kappa shape index (κ3) is 4.80. The number of anilines is 1. The van der Waals surface area contributed by atoms with E-state index in [4.69, 9.17) is 0 Å². The molecule has 0 radical (unpaired) electrons. The molecule has 3 rings (SSSR count). The molecule has 8 heteroatoms. The Balaban J connectivity index is 1.86. The number of phenolic OH excluding ortho intramolecular Hbond substituents is 1. The highest BCUT2D eigenvalue weighted by Crippen LogP contribution is 2.37. The highest BCUT2D eigenvalue weighted by molar-refractivity contribution is 5.68. The van der Waals surface area contributed by atoms with Gasteiger partial charge in [-0.05, 0) is 70.9 Å². The van der Waals surface area contributed by atoms with Crippen LogP contribution in [-0.2, 0) is 6.18 Å². The van der Waals surface area contributed by atoms with Gasteiger partial charge in [0, 0.05) is 29.7 Å². The fourth-order valence-corrected chi connectivity index (χ4v) is 4.30. The van der Waals surface area contributed by atoms with Crippen LogP contribution in [0.5, 0.6) is 5.75 Å². The number of hydrogen-bond donors (Lipinski definition) is 2. The lowest BCUT2D eigenvalue weighted by Crippen LogP contribution is -2.62. The summed E-state index contributed by atoms with van der Waals surface area (Å²) in [5.74, 6) is 0.369. The maximum absolute atomic E-state index is 13.0. The van der Waals surface area contributed by atoms with Crippen molar-refractivity contribution in [2.24, 2.45) is 0 Å². The second-order valence-electron chi connectivity index (χ2n) is 9.07. The van der Waals surface area contributed by atoms with Gasteiger partial charge in [0.25, 0.3) is 0 Å². The standard InChI is InChI=1S/C21H27F3N4O/c1-19(2)11-14(12-20(3,4)27-19)28(5)18-9-7-16(25-26-18)15-10-13(21(22,23)24)6-8-17(15)29/h6-10,14,27,29H,11-12H2,1-5H3. The van der Waals surface area contributed by atoms with E-state index in [1.807, 2.05) is 7.05 Å². The van der Waals surface area contributed by atoms with Crippen molar-refractivity contribution in [1.29, 1.82) is 0 Å². The van der Waals surface area contributed by atoms with E-state index >= 15 is 0 Å². The molecule has 0 atom stereocenters. The van der Waals surface area contributed by atoms with E-state index in [1.54, 1.807) is 12.1 Å². The number of rotatable bonds is 3. The van der Waals surface area contributed by atoms with Gasteiger partial charge in [-0.1, -0.05) is 0 Å². The molecule has 0 unspecified atom stereocenters. The number of aromatic hydroxyl groups is 1. The SMILES string of the molecule is CN(c1ccc(-c2cc(C(F)(F)F)ccc2O)nn1)C1CC(C)(C)NC(C)(C)C1. The summed E-state index contributed by atoms with van der Waals surface area (Å²) in [6.07, 6.45) is -2.65. The summed E-state index contributed by atoms with van der Waals surface area (Å²) in [6.45, 7) is 8.67. The Labute approximate surface area is 169 Å². The number of alkyl halides is 3. The first-order valence-corrected chi connectivity index (χ1v) is 9.54. The molecular weight excluding hydrogens is 381 g/mol. The predicted octanol–water partition coefficient (Wildman–Crippen LogP) is 4.61. The van der Waals surface area contributed by atoms with Crippen LogP contribution >= 0.6 is 0 Å². The van der Waals surface area contributed by atoms with Gasteiger partial charge < -0.3 is 15.3 Å².